The Morgan fingerprint density at radius 1 is 1.22 bits per heavy atom. The average Bonchev–Trinajstić information content (AvgIpc) is 2.25. The summed E-state index contributed by atoms with van der Waals surface area (Å²) >= 11 is 1.59. The maximum absolute atomic E-state index is 9.10. The Morgan fingerprint density at radius 2 is 1.89 bits per heavy atom. The molecular formula is C13H20N4S. The van der Waals surface area contributed by atoms with Gasteiger partial charge in [0.25, 0.3) is 0 Å². The van der Waals surface area contributed by atoms with Gasteiger partial charge in [-0.15, -0.1) is 0 Å². The van der Waals surface area contributed by atoms with E-state index >= 15 is 0 Å². The van der Waals surface area contributed by atoms with Gasteiger partial charge < -0.3 is 5.73 Å². The Hall–Kier alpha value is -1.28. The molecule has 5 heteroatoms. The molecular weight excluding hydrogens is 244 g/mol. The summed E-state index contributed by atoms with van der Waals surface area (Å²) in [4.78, 5) is 8.66. The lowest BCUT2D eigenvalue weighted by atomic mass is 10.0. The molecule has 0 amide bonds. The molecule has 0 saturated heterocycles. The van der Waals surface area contributed by atoms with E-state index in [2.05, 4.69) is 43.7 Å². The van der Waals surface area contributed by atoms with Gasteiger partial charge in [0.05, 0.1) is 5.69 Å². The smallest absolute Gasteiger partial charge is 0.189 e. The molecule has 98 valence electrons. The van der Waals surface area contributed by atoms with Gasteiger partial charge >= 0.3 is 0 Å². The van der Waals surface area contributed by atoms with E-state index in [1.54, 1.807) is 11.8 Å². The third-order valence-corrected chi connectivity index (χ3v) is 3.52. The van der Waals surface area contributed by atoms with Gasteiger partial charge in [-0.05, 0) is 18.3 Å². The van der Waals surface area contributed by atoms with Crippen molar-refractivity contribution in [1.82, 2.24) is 9.97 Å². The van der Waals surface area contributed by atoms with Crippen LogP contribution in [0.2, 0.25) is 0 Å². The number of nitrogen functional groups attached to an aromatic ring is 1. The number of nitriles is 1. The Labute approximate surface area is 113 Å². The van der Waals surface area contributed by atoms with E-state index in [1.807, 2.05) is 0 Å². The Balaban J connectivity index is 3.02. The predicted octanol–water partition coefficient (Wildman–Crippen LogP) is 2.88. The number of anilines is 1. The number of hydrogen-bond donors (Lipinski definition) is 1. The summed E-state index contributed by atoms with van der Waals surface area (Å²) in [7, 11) is 0. The van der Waals surface area contributed by atoms with Crippen LogP contribution in [-0.4, -0.2) is 15.7 Å². The molecule has 1 rings (SSSR count). The van der Waals surface area contributed by atoms with Crippen LogP contribution < -0.4 is 5.73 Å². The number of hydrogen-bond acceptors (Lipinski definition) is 5. The number of rotatable bonds is 5. The van der Waals surface area contributed by atoms with Gasteiger partial charge in [-0.25, -0.2) is 9.97 Å². The zero-order chi connectivity index (χ0) is 13.7. The zero-order valence-corrected chi connectivity index (χ0v) is 12.2. The van der Waals surface area contributed by atoms with E-state index in [0.717, 1.165) is 17.9 Å². The summed E-state index contributed by atoms with van der Waals surface area (Å²) in [6.45, 7) is 8.49. The normalized spacial score (nSPS) is 10.9. The first-order chi connectivity index (χ1) is 8.43. The van der Waals surface area contributed by atoms with E-state index in [0.29, 0.717) is 28.4 Å². The molecule has 0 radical (unpaired) electrons. The first-order valence-electron chi connectivity index (χ1n) is 6.13. The quantitative estimate of drug-likeness (QED) is 0.653. The van der Waals surface area contributed by atoms with Crippen LogP contribution in [0.3, 0.4) is 0 Å². The molecule has 0 aliphatic heterocycles. The first-order valence-corrected chi connectivity index (χ1v) is 7.11. The molecule has 0 aromatic carbocycles. The van der Waals surface area contributed by atoms with Gasteiger partial charge in [-0.3, -0.25) is 0 Å². The van der Waals surface area contributed by atoms with Crippen molar-refractivity contribution in [3.8, 4) is 6.07 Å². The number of thioether (sulfide) groups is 1. The van der Waals surface area contributed by atoms with Crippen molar-refractivity contribution in [1.29, 1.82) is 5.26 Å². The Morgan fingerprint density at radius 3 is 2.39 bits per heavy atom. The van der Waals surface area contributed by atoms with Gasteiger partial charge in [0.15, 0.2) is 5.16 Å². The first kappa shape index (κ1) is 14.8. The lowest BCUT2D eigenvalue weighted by Gasteiger charge is -2.10. The van der Waals surface area contributed by atoms with Gasteiger partial charge in [0, 0.05) is 5.75 Å². The van der Waals surface area contributed by atoms with Crippen molar-refractivity contribution in [3.05, 3.63) is 11.3 Å². The lowest BCUT2D eigenvalue weighted by molar-refractivity contribution is 0.626. The van der Waals surface area contributed by atoms with Crippen LogP contribution in [0.4, 0.5) is 5.82 Å². The van der Waals surface area contributed by atoms with Crippen molar-refractivity contribution in [3.63, 3.8) is 0 Å². The predicted molar refractivity (Wildman–Crippen MR) is 75.3 cm³/mol. The Bertz CT molecular complexity index is 449. The highest BCUT2D eigenvalue weighted by Gasteiger charge is 2.14. The molecule has 1 aromatic rings. The highest BCUT2D eigenvalue weighted by atomic mass is 32.2. The van der Waals surface area contributed by atoms with Crippen LogP contribution in [0.5, 0.6) is 0 Å². The summed E-state index contributed by atoms with van der Waals surface area (Å²) < 4.78 is 0. The second kappa shape index (κ2) is 6.60. The summed E-state index contributed by atoms with van der Waals surface area (Å²) in [5.74, 6) is 2.26. The van der Waals surface area contributed by atoms with E-state index < -0.39 is 0 Å². The maximum atomic E-state index is 9.10. The molecule has 2 N–H and O–H groups in total. The molecule has 0 atom stereocenters. The Kier molecular flexibility index (Phi) is 5.42. The summed E-state index contributed by atoms with van der Waals surface area (Å²) in [6.07, 6.45) is 0.755. The van der Waals surface area contributed by atoms with Crippen LogP contribution in [0.15, 0.2) is 5.16 Å². The summed E-state index contributed by atoms with van der Waals surface area (Å²) in [6, 6.07) is 2.10. The van der Waals surface area contributed by atoms with Crippen LogP contribution >= 0.6 is 11.8 Å². The van der Waals surface area contributed by atoms with Crippen LogP contribution in [0.1, 0.15) is 39.0 Å². The largest absolute Gasteiger partial charge is 0.382 e. The highest BCUT2D eigenvalue weighted by Crippen LogP contribution is 2.22. The van der Waals surface area contributed by atoms with Crippen LogP contribution in [0, 0.1) is 23.2 Å². The van der Waals surface area contributed by atoms with Gasteiger partial charge in [0.2, 0.25) is 0 Å². The van der Waals surface area contributed by atoms with E-state index in [4.69, 9.17) is 11.0 Å². The molecule has 0 fully saturated rings. The summed E-state index contributed by atoms with van der Waals surface area (Å²) in [5, 5.41) is 9.78. The molecule has 18 heavy (non-hydrogen) atoms. The summed E-state index contributed by atoms with van der Waals surface area (Å²) in [5.41, 5.74) is 7.03. The molecule has 1 heterocycles. The maximum Gasteiger partial charge on any atom is 0.189 e. The third kappa shape index (κ3) is 4.19. The standard InChI is InChI=1S/C13H20N4S/c1-8(2)5-11-10(6-14)12(15)17-13(16-11)18-7-9(3)4/h8-9H,5,7H2,1-4H3,(H2,15,16,17). The fourth-order valence-corrected chi connectivity index (χ4v) is 2.29. The van der Waals surface area contributed by atoms with Crippen molar-refractivity contribution < 1.29 is 0 Å². The van der Waals surface area contributed by atoms with Crippen molar-refractivity contribution in [2.24, 2.45) is 11.8 Å². The van der Waals surface area contributed by atoms with Crippen molar-refractivity contribution in [2.75, 3.05) is 11.5 Å². The van der Waals surface area contributed by atoms with Gasteiger partial charge in [0.1, 0.15) is 17.5 Å². The fourth-order valence-electron chi connectivity index (χ4n) is 1.47. The SMILES string of the molecule is CC(C)CSc1nc(N)c(C#N)c(CC(C)C)n1. The minimum Gasteiger partial charge on any atom is -0.382 e. The lowest BCUT2D eigenvalue weighted by Crippen LogP contribution is -2.08. The van der Waals surface area contributed by atoms with Gasteiger partial charge in [-0.2, -0.15) is 5.26 Å². The molecule has 0 spiro atoms. The molecule has 0 aliphatic rings. The fraction of sp³-hybridized carbons (Fsp3) is 0.615. The number of nitrogens with zero attached hydrogens (tertiary/aromatic N) is 3. The van der Waals surface area contributed by atoms with E-state index in [9.17, 15) is 0 Å². The minimum atomic E-state index is 0.300. The second-order valence-electron chi connectivity index (χ2n) is 5.13. The van der Waals surface area contributed by atoms with Crippen LogP contribution in [-0.2, 0) is 6.42 Å². The molecule has 0 unspecified atom stereocenters. The molecule has 0 saturated carbocycles. The van der Waals surface area contributed by atoms with Crippen LogP contribution in [0.25, 0.3) is 0 Å². The van der Waals surface area contributed by atoms with E-state index in [1.165, 1.54) is 0 Å². The molecule has 0 bridgehead atoms. The number of nitrogens with two attached hydrogens (primary N) is 1. The van der Waals surface area contributed by atoms with Crippen molar-refractivity contribution in [2.45, 2.75) is 39.3 Å². The third-order valence-electron chi connectivity index (χ3n) is 2.25. The van der Waals surface area contributed by atoms with E-state index in [-0.39, 0.29) is 0 Å². The van der Waals surface area contributed by atoms with Crippen molar-refractivity contribution >= 4 is 17.6 Å². The number of aromatic nitrogens is 2. The monoisotopic (exact) mass is 264 g/mol. The molecule has 0 aliphatic carbocycles. The highest BCUT2D eigenvalue weighted by molar-refractivity contribution is 7.99. The zero-order valence-electron chi connectivity index (χ0n) is 11.4. The molecule has 1 aromatic heterocycles. The second-order valence-corrected chi connectivity index (χ2v) is 6.11. The average molecular weight is 264 g/mol. The topological polar surface area (TPSA) is 75.6 Å². The van der Waals surface area contributed by atoms with Gasteiger partial charge in [-0.1, -0.05) is 39.5 Å². The minimum absolute atomic E-state index is 0.300. The molecule has 4 nitrogen and oxygen atoms in total.